The molecule has 0 aliphatic carbocycles. The zero-order chi connectivity index (χ0) is 14.1. The van der Waals surface area contributed by atoms with Crippen LogP contribution < -0.4 is 0 Å². The summed E-state index contributed by atoms with van der Waals surface area (Å²) in [7, 11) is 0. The van der Waals surface area contributed by atoms with E-state index in [1.54, 1.807) is 6.20 Å². The van der Waals surface area contributed by atoms with Crippen LogP contribution >= 0.6 is 0 Å². The van der Waals surface area contributed by atoms with Gasteiger partial charge in [0.05, 0.1) is 5.52 Å². The summed E-state index contributed by atoms with van der Waals surface area (Å²) in [4.78, 5) is 8.69. The number of rotatable bonds is 2. The summed E-state index contributed by atoms with van der Waals surface area (Å²) in [5, 5.41) is 11.5. The van der Waals surface area contributed by atoms with Crippen molar-refractivity contribution < 1.29 is 5.11 Å². The van der Waals surface area contributed by atoms with Crippen LogP contribution in [0.25, 0.3) is 10.9 Å². The molecule has 20 heavy (non-hydrogen) atoms. The van der Waals surface area contributed by atoms with Gasteiger partial charge in [0.15, 0.2) is 0 Å². The molecule has 1 unspecified atom stereocenters. The third-order valence-corrected chi connectivity index (χ3v) is 3.42. The van der Waals surface area contributed by atoms with Gasteiger partial charge in [0, 0.05) is 28.5 Å². The van der Waals surface area contributed by atoms with Crippen molar-refractivity contribution in [2.24, 2.45) is 0 Å². The Labute approximate surface area is 117 Å². The molecule has 0 aliphatic rings. The fourth-order valence-corrected chi connectivity index (χ4v) is 2.25. The summed E-state index contributed by atoms with van der Waals surface area (Å²) in [6, 6.07) is 13.7. The van der Waals surface area contributed by atoms with Gasteiger partial charge < -0.3 is 5.11 Å². The Balaban J connectivity index is 2.01. The van der Waals surface area contributed by atoms with Crippen molar-refractivity contribution in [3.63, 3.8) is 0 Å². The number of hydrogen-bond acceptors (Lipinski definition) is 3. The Hall–Kier alpha value is -2.26. The van der Waals surface area contributed by atoms with Crippen LogP contribution in [-0.4, -0.2) is 15.1 Å². The molecule has 0 amide bonds. The van der Waals surface area contributed by atoms with Gasteiger partial charge in [-0.25, -0.2) is 0 Å². The van der Waals surface area contributed by atoms with Crippen molar-refractivity contribution in [2.45, 2.75) is 20.0 Å². The molecule has 3 heteroatoms. The highest BCUT2D eigenvalue weighted by atomic mass is 16.3. The van der Waals surface area contributed by atoms with E-state index in [1.807, 2.05) is 56.3 Å². The highest BCUT2D eigenvalue weighted by Crippen LogP contribution is 2.24. The van der Waals surface area contributed by atoms with Crippen molar-refractivity contribution in [3.8, 4) is 0 Å². The van der Waals surface area contributed by atoms with Crippen molar-refractivity contribution in [1.29, 1.82) is 0 Å². The summed E-state index contributed by atoms with van der Waals surface area (Å²) in [6.45, 7) is 3.90. The van der Waals surface area contributed by atoms with E-state index in [9.17, 15) is 5.11 Å². The van der Waals surface area contributed by atoms with Gasteiger partial charge in [0.25, 0.3) is 0 Å². The first kappa shape index (κ1) is 12.8. The van der Waals surface area contributed by atoms with E-state index in [2.05, 4.69) is 9.97 Å². The van der Waals surface area contributed by atoms with Crippen LogP contribution in [0.5, 0.6) is 0 Å². The van der Waals surface area contributed by atoms with Gasteiger partial charge >= 0.3 is 0 Å². The van der Waals surface area contributed by atoms with Gasteiger partial charge in [-0.15, -0.1) is 0 Å². The number of aryl methyl sites for hydroxylation is 2. The smallest absolute Gasteiger partial charge is 0.106 e. The largest absolute Gasteiger partial charge is 0.384 e. The van der Waals surface area contributed by atoms with Crippen LogP contribution in [0, 0.1) is 13.8 Å². The van der Waals surface area contributed by atoms with Crippen molar-refractivity contribution in [2.75, 3.05) is 0 Å². The first-order chi connectivity index (χ1) is 9.63. The number of aromatic nitrogens is 2. The second-order valence-electron chi connectivity index (χ2n) is 5.04. The SMILES string of the molecule is Cc1ccc(C(O)c2ccc3nc(C)ccc3c2)cn1. The quantitative estimate of drug-likeness (QED) is 0.772. The number of aliphatic hydroxyl groups excluding tert-OH is 1. The maximum atomic E-state index is 10.4. The minimum Gasteiger partial charge on any atom is -0.384 e. The molecule has 2 heterocycles. The van der Waals surface area contributed by atoms with E-state index in [-0.39, 0.29) is 0 Å². The molecular weight excluding hydrogens is 248 g/mol. The fourth-order valence-electron chi connectivity index (χ4n) is 2.25. The zero-order valence-electron chi connectivity index (χ0n) is 11.5. The van der Waals surface area contributed by atoms with Crippen molar-refractivity contribution in [3.05, 3.63) is 71.2 Å². The van der Waals surface area contributed by atoms with Gasteiger partial charge in [0.1, 0.15) is 6.10 Å². The lowest BCUT2D eigenvalue weighted by Gasteiger charge is -2.12. The summed E-state index contributed by atoms with van der Waals surface area (Å²) in [5.41, 5.74) is 4.54. The molecular formula is C17H16N2O. The molecule has 3 nitrogen and oxygen atoms in total. The predicted molar refractivity (Wildman–Crippen MR) is 79.5 cm³/mol. The molecule has 3 aromatic rings. The molecule has 1 N–H and O–H groups in total. The number of pyridine rings is 2. The molecule has 1 atom stereocenters. The van der Waals surface area contributed by atoms with Crippen LogP contribution in [0.1, 0.15) is 28.6 Å². The number of fused-ring (bicyclic) bond motifs is 1. The van der Waals surface area contributed by atoms with E-state index in [0.29, 0.717) is 0 Å². The van der Waals surface area contributed by atoms with Crippen molar-refractivity contribution in [1.82, 2.24) is 9.97 Å². The topological polar surface area (TPSA) is 46.0 Å². The molecule has 2 aromatic heterocycles. The van der Waals surface area contributed by atoms with Gasteiger partial charge in [-0.05, 0) is 43.7 Å². The first-order valence-electron chi connectivity index (χ1n) is 6.61. The zero-order valence-corrected chi connectivity index (χ0v) is 11.5. The monoisotopic (exact) mass is 264 g/mol. The number of benzene rings is 1. The minimum atomic E-state index is -0.659. The average molecular weight is 264 g/mol. The predicted octanol–water partition coefficient (Wildman–Crippen LogP) is 3.33. The van der Waals surface area contributed by atoms with Gasteiger partial charge in [0.2, 0.25) is 0 Å². The number of hydrogen-bond donors (Lipinski definition) is 1. The van der Waals surface area contributed by atoms with Gasteiger partial charge in [-0.1, -0.05) is 18.2 Å². The van der Waals surface area contributed by atoms with E-state index in [4.69, 9.17) is 0 Å². The molecule has 3 rings (SSSR count). The van der Waals surface area contributed by atoms with Crippen LogP contribution in [0.2, 0.25) is 0 Å². The molecule has 100 valence electrons. The van der Waals surface area contributed by atoms with E-state index < -0.39 is 6.10 Å². The Morgan fingerprint density at radius 1 is 0.900 bits per heavy atom. The third kappa shape index (κ3) is 2.40. The van der Waals surface area contributed by atoms with E-state index in [0.717, 1.165) is 33.4 Å². The maximum Gasteiger partial charge on any atom is 0.106 e. The lowest BCUT2D eigenvalue weighted by atomic mass is 10.0. The molecule has 0 bridgehead atoms. The standard InChI is InChI=1S/C17H16N2O/c1-11-3-6-15(10-18-11)17(20)14-7-8-16-13(9-14)5-4-12(2)19-16/h3-10,17,20H,1-2H3. The molecule has 0 saturated carbocycles. The van der Waals surface area contributed by atoms with Crippen LogP contribution in [0.4, 0.5) is 0 Å². The highest BCUT2D eigenvalue weighted by Gasteiger charge is 2.11. The first-order valence-corrected chi connectivity index (χ1v) is 6.61. The highest BCUT2D eigenvalue weighted by molar-refractivity contribution is 5.79. The lowest BCUT2D eigenvalue weighted by molar-refractivity contribution is 0.220. The second-order valence-corrected chi connectivity index (χ2v) is 5.04. The molecule has 0 saturated heterocycles. The molecule has 0 radical (unpaired) electrons. The summed E-state index contributed by atoms with van der Waals surface area (Å²) < 4.78 is 0. The summed E-state index contributed by atoms with van der Waals surface area (Å²) in [5.74, 6) is 0. The molecule has 0 spiro atoms. The lowest BCUT2D eigenvalue weighted by Crippen LogP contribution is -2.00. The Bertz CT molecular complexity index is 751. The summed E-state index contributed by atoms with van der Waals surface area (Å²) >= 11 is 0. The van der Waals surface area contributed by atoms with E-state index >= 15 is 0 Å². The van der Waals surface area contributed by atoms with Gasteiger partial charge in [-0.2, -0.15) is 0 Å². The number of aliphatic hydroxyl groups is 1. The molecule has 0 aliphatic heterocycles. The third-order valence-electron chi connectivity index (χ3n) is 3.42. The van der Waals surface area contributed by atoms with Crippen LogP contribution in [0.3, 0.4) is 0 Å². The fraction of sp³-hybridized carbons (Fsp3) is 0.176. The molecule has 0 fully saturated rings. The summed E-state index contributed by atoms with van der Waals surface area (Å²) in [6.07, 6.45) is 1.06. The second kappa shape index (κ2) is 5.02. The Morgan fingerprint density at radius 2 is 1.65 bits per heavy atom. The normalized spacial score (nSPS) is 12.6. The van der Waals surface area contributed by atoms with Crippen LogP contribution in [0.15, 0.2) is 48.7 Å². The maximum absolute atomic E-state index is 10.4. The van der Waals surface area contributed by atoms with Crippen molar-refractivity contribution >= 4 is 10.9 Å². The Morgan fingerprint density at radius 3 is 2.40 bits per heavy atom. The average Bonchev–Trinajstić information content (AvgIpc) is 2.47. The minimum absolute atomic E-state index is 0.659. The number of nitrogens with zero attached hydrogens (tertiary/aromatic N) is 2. The van der Waals surface area contributed by atoms with Gasteiger partial charge in [-0.3, -0.25) is 9.97 Å². The Kier molecular flexibility index (Phi) is 3.20. The van der Waals surface area contributed by atoms with E-state index in [1.165, 1.54) is 0 Å². The molecule has 1 aromatic carbocycles. The van der Waals surface area contributed by atoms with Crippen LogP contribution in [-0.2, 0) is 0 Å².